The first-order valence-corrected chi connectivity index (χ1v) is 4.67. The molecule has 0 amide bonds. The minimum Gasteiger partial charge on any atom is -0.429 e. The van der Waals surface area contributed by atoms with Crippen LogP contribution in [-0.4, -0.2) is 6.47 Å². The lowest BCUT2D eigenvalue weighted by atomic mass is 10.1. The third kappa shape index (κ3) is 2.20. The Labute approximate surface area is 97.6 Å². The predicted molar refractivity (Wildman–Crippen MR) is 54.2 cm³/mol. The van der Waals surface area contributed by atoms with Crippen molar-refractivity contribution in [2.24, 2.45) is 0 Å². The van der Waals surface area contributed by atoms with E-state index in [9.17, 15) is 22.8 Å². The van der Waals surface area contributed by atoms with Crippen LogP contribution in [-0.2, 0) is 11.0 Å². The number of carbonyl (C=O) groups is 1. The van der Waals surface area contributed by atoms with Crippen LogP contribution in [0.3, 0.4) is 0 Å². The third-order valence-electron chi connectivity index (χ3n) is 2.21. The van der Waals surface area contributed by atoms with E-state index < -0.39 is 17.4 Å². The van der Waals surface area contributed by atoms with Crippen molar-refractivity contribution in [1.29, 1.82) is 0 Å². The van der Waals surface area contributed by atoms with E-state index in [0.717, 1.165) is 12.1 Å². The van der Waals surface area contributed by atoms with Gasteiger partial charge < -0.3 is 9.15 Å². The molecule has 1 aromatic carbocycles. The van der Waals surface area contributed by atoms with E-state index >= 15 is 0 Å². The summed E-state index contributed by atoms with van der Waals surface area (Å²) < 4.78 is 47.1. The van der Waals surface area contributed by atoms with E-state index in [4.69, 9.17) is 0 Å². The fourth-order valence-electron chi connectivity index (χ4n) is 1.51. The molecule has 18 heavy (non-hydrogen) atoms. The maximum absolute atomic E-state index is 12.7. The summed E-state index contributed by atoms with van der Waals surface area (Å²) in [6, 6.07) is 3.66. The van der Waals surface area contributed by atoms with Crippen molar-refractivity contribution in [2.45, 2.75) is 6.18 Å². The number of fused-ring (bicyclic) bond motifs is 1. The van der Waals surface area contributed by atoms with Gasteiger partial charge in [-0.05, 0) is 12.1 Å². The molecule has 2 rings (SSSR count). The van der Waals surface area contributed by atoms with Crippen LogP contribution in [0.5, 0.6) is 5.75 Å². The molecular weight excluding hydrogens is 253 g/mol. The van der Waals surface area contributed by atoms with Gasteiger partial charge in [-0.1, -0.05) is 0 Å². The fraction of sp³-hybridized carbons (Fsp3) is 0.0909. The second-order valence-electron chi connectivity index (χ2n) is 3.35. The van der Waals surface area contributed by atoms with Gasteiger partial charge in [0.25, 0.3) is 6.47 Å². The zero-order chi connectivity index (χ0) is 13.3. The Bertz CT molecular complexity index is 657. The first-order chi connectivity index (χ1) is 8.41. The molecular formula is C11H5F3O4. The Kier molecular flexibility index (Phi) is 2.82. The summed E-state index contributed by atoms with van der Waals surface area (Å²) in [5.74, 6) is -0.0139. The summed E-state index contributed by atoms with van der Waals surface area (Å²) in [6.07, 6.45) is -4.67. The van der Waals surface area contributed by atoms with E-state index in [2.05, 4.69) is 9.15 Å². The number of hydrogen-bond donors (Lipinski definition) is 0. The number of halogens is 3. The van der Waals surface area contributed by atoms with Gasteiger partial charge in [-0.15, -0.1) is 0 Å². The van der Waals surface area contributed by atoms with Crippen molar-refractivity contribution < 1.29 is 27.1 Å². The zero-order valence-corrected chi connectivity index (χ0v) is 8.65. The molecule has 0 atom stereocenters. The maximum Gasteiger partial charge on any atom is 0.417 e. The van der Waals surface area contributed by atoms with Gasteiger partial charge in [0.15, 0.2) is 0 Å². The predicted octanol–water partition coefficient (Wildman–Crippen LogP) is 2.35. The van der Waals surface area contributed by atoms with Crippen LogP contribution < -0.4 is 10.4 Å². The molecule has 0 N–H and O–H groups in total. The van der Waals surface area contributed by atoms with Gasteiger partial charge in [-0.2, -0.15) is 13.2 Å². The smallest absolute Gasteiger partial charge is 0.417 e. The van der Waals surface area contributed by atoms with Gasteiger partial charge in [-0.3, -0.25) is 4.79 Å². The second kappa shape index (κ2) is 4.17. The monoisotopic (exact) mass is 258 g/mol. The van der Waals surface area contributed by atoms with Crippen LogP contribution >= 0.6 is 0 Å². The van der Waals surface area contributed by atoms with Crippen LogP contribution in [0.25, 0.3) is 11.0 Å². The quantitative estimate of drug-likeness (QED) is 0.612. The Morgan fingerprint density at radius 2 is 1.94 bits per heavy atom. The van der Waals surface area contributed by atoms with E-state index in [1.54, 1.807) is 0 Å². The summed E-state index contributed by atoms with van der Waals surface area (Å²) in [5, 5.41) is -0.277. The molecule has 0 aliphatic carbocycles. The highest BCUT2D eigenvalue weighted by Crippen LogP contribution is 2.34. The molecule has 0 aliphatic rings. The molecule has 1 heterocycles. The van der Waals surface area contributed by atoms with Crippen molar-refractivity contribution >= 4 is 17.4 Å². The maximum atomic E-state index is 12.7. The van der Waals surface area contributed by atoms with E-state index in [0.29, 0.717) is 6.07 Å². The lowest BCUT2D eigenvalue weighted by Gasteiger charge is -2.09. The van der Waals surface area contributed by atoms with Crippen LogP contribution in [0.15, 0.2) is 33.5 Å². The Balaban J connectivity index is 2.74. The van der Waals surface area contributed by atoms with Crippen molar-refractivity contribution in [3.8, 4) is 5.75 Å². The minimum absolute atomic E-state index is 0.0139. The molecule has 2 aromatic rings. The molecule has 0 unspecified atom stereocenters. The largest absolute Gasteiger partial charge is 0.429 e. The molecule has 0 spiro atoms. The number of benzene rings is 1. The second-order valence-corrected chi connectivity index (χ2v) is 3.35. The van der Waals surface area contributed by atoms with Crippen molar-refractivity contribution in [1.82, 2.24) is 0 Å². The minimum atomic E-state index is -4.67. The topological polar surface area (TPSA) is 56.5 Å². The molecule has 0 saturated heterocycles. The number of alkyl halides is 3. The number of hydrogen-bond acceptors (Lipinski definition) is 4. The van der Waals surface area contributed by atoms with Gasteiger partial charge in [0.2, 0.25) is 0 Å². The molecule has 4 nitrogen and oxygen atoms in total. The van der Waals surface area contributed by atoms with Crippen LogP contribution in [0.4, 0.5) is 13.2 Å². The van der Waals surface area contributed by atoms with Crippen molar-refractivity contribution in [3.05, 3.63) is 40.2 Å². The lowest BCUT2D eigenvalue weighted by Crippen LogP contribution is -2.10. The first kappa shape index (κ1) is 12.2. The SMILES string of the molecule is O=COc1ccc2c(C(F)(F)F)cc(=O)oc2c1. The standard InChI is InChI=1S/C11H5F3O4/c12-11(13,14)8-4-10(16)18-9-3-6(17-5-15)1-2-7(8)9/h1-5H. The highest BCUT2D eigenvalue weighted by molar-refractivity contribution is 5.82. The molecule has 94 valence electrons. The van der Waals surface area contributed by atoms with E-state index in [-0.39, 0.29) is 23.2 Å². The molecule has 1 aromatic heterocycles. The highest BCUT2D eigenvalue weighted by atomic mass is 19.4. The van der Waals surface area contributed by atoms with Crippen LogP contribution in [0.1, 0.15) is 5.56 Å². The average molecular weight is 258 g/mol. The van der Waals surface area contributed by atoms with Crippen molar-refractivity contribution in [2.75, 3.05) is 0 Å². The molecule has 0 radical (unpaired) electrons. The van der Waals surface area contributed by atoms with Gasteiger partial charge in [0.05, 0.1) is 5.56 Å². The lowest BCUT2D eigenvalue weighted by molar-refractivity contribution is -0.136. The Morgan fingerprint density at radius 3 is 2.56 bits per heavy atom. The third-order valence-corrected chi connectivity index (χ3v) is 2.21. The molecule has 0 saturated carbocycles. The molecule has 0 bridgehead atoms. The number of rotatable bonds is 2. The summed E-state index contributed by atoms with van der Waals surface area (Å²) in [7, 11) is 0. The Hall–Kier alpha value is -2.31. The molecule has 0 fully saturated rings. The van der Waals surface area contributed by atoms with Gasteiger partial charge in [0.1, 0.15) is 11.3 Å². The van der Waals surface area contributed by atoms with Gasteiger partial charge >= 0.3 is 11.8 Å². The summed E-state index contributed by atoms with van der Waals surface area (Å²) >= 11 is 0. The molecule has 0 aliphatic heterocycles. The number of ether oxygens (including phenoxy) is 1. The fourth-order valence-corrected chi connectivity index (χ4v) is 1.51. The summed E-state index contributed by atoms with van der Waals surface area (Å²) in [4.78, 5) is 21.2. The first-order valence-electron chi connectivity index (χ1n) is 4.67. The Morgan fingerprint density at radius 1 is 1.22 bits per heavy atom. The summed E-state index contributed by atoms with van der Waals surface area (Å²) in [5.41, 5.74) is -2.52. The van der Waals surface area contributed by atoms with E-state index in [1.807, 2.05) is 0 Å². The van der Waals surface area contributed by atoms with Gasteiger partial charge in [0, 0.05) is 17.5 Å². The average Bonchev–Trinajstić information content (AvgIpc) is 2.26. The van der Waals surface area contributed by atoms with Crippen LogP contribution in [0.2, 0.25) is 0 Å². The summed E-state index contributed by atoms with van der Waals surface area (Å²) in [6.45, 7) is 0.118. The van der Waals surface area contributed by atoms with Crippen LogP contribution in [0, 0.1) is 0 Å². The van der Waals surface area contributed by atoms with E-state index in [1.165, 1.54) is 6.07 Å². The zero-order valence-electron chi connectivity index (χ0n) is 8.65. The highest BCUT2D eigenvalue weighted by Gasteiger charge is 2.33. The number of carbonyl (C=O) groups excluding carboxylic acids is 1. The van der Waals surface area contributed by atoms with Gasteiger partial charge in [-0.25, -0.2) is 4.79 Å². The van der Waals surface area contributed by atoms with Crippen molar-refractivity contribution in [3.63, 3.8) is 0 Å². The normalized spacial score (nSPS) is 11.5. The molecule has 7 heteroatoms.